The number of nitrogens with zero attached hydrogens (tertiary/aromatic N) is 2. The molecule has 0 spiro atoms. The second kappa shape index (κ2) is 6.62. The summed E-state index contributed by atoms with van der Waals surface area (Å²) in [6.07, 6.45) is 0.232. The summed E-state index contributed by atoms with van der Waals surface area (Å²) in [7, 11) is 0. The fourth-order valence-corrected chi connectivity index (χ4v) is 2.74. The van der Waals surface area contributed by atoms with Crippen LogP contribution in [0.3, 0.4) is 0 Å². The normalized spacial score (nSPS) is 12.5. The van der Waals surface area contributed by atoms with Gasteiger partial charge in [0, 0.05) is 18.0 Å². The third kappa shape index (κ3) is 3.43. The number of aromatic nitrogens is 3. The molecule has 4 N–H and O–H groups in total. The zero-order valence-electron chi connectivity index (χ0n) is 11.2. The molecule has 1 atom stereocenters. The predicted octanol–water partition coefficient (Wildman–Crippen LogP) is 1.39. The molecule has 6 nitrogen and oxygen atoms in total. The van der Waals surface area contributed by atoms with Crippen LogP contribution in [0.2, 0.25) is 0 Å². The fraction of sp³-hybridized carbons (Fsp3) is 0.385. The Labute approximate surface area is 121 Å². The van der Waals surface area contributed by atoms with E-state index in [0.29, 0.717) is 23.1 Å². The monoisotopic (exact) mass is 294 g/mol. The number of nitrogen functional groups attached to an aromatic ring is 1. The number of aromatic amines is 1. The first-order valence-electron chi connectivity index (χ1n) is 6.43. The van der Waals surface area contributed by atoms with Crippen molar-refractivity contribution in [2.45, 2.75) is 31.1 Å². The minimum atomic E-state index is -0.623. The van der Waals surface area contributed by atoms with Gasteiger partial charge in [0.1, 0.15) is 0 Å². The van der Waals surface area contributed by atoms with E-state index < -0.39 is 6.10 Å². The first-order chi connectivity index (χ1) is 9.61. The van der Waals surface area contributed by atoms with Gasteiger partial charge in [0.15, 0.2) is 5.16 Å². The first-order valence-corrected chi connectivity index (χ1v) is 7.42. The summed E-state index contributed by atoms with van der Waals surface area (Å²) in [5, 5.41) is 17.1. The van der Waals surface area contributed by atoms with E-state index in [-0.39, 0.29) is 5.69 Å². The molecule has 1 aromatic heterocycles. The van der Waals surface area contributed by atoms with E-state index in [9.17, 15) is 9.90 Å². The summed E-state index contributed by atoms with van der Waals surface area (Å²) < 4.78 is 1.58. The molecule has 2 aromatic rings. The van der Waals surface area contributed by atoms with Gasteiger partial charge in [0.25, 0.3) is 0 Å². The van der Waals surface area contributed by atoms with Gasteiger partial charge in [-0.25, -0.2) is 9.89 Å². The van der Waals surface area contributed by atoms with E-state index in [2.05, 4.69) is 10.2 Å². The minimum absolute atomic E-state index is 0.212. The van der Waals surface area contributed by atoms with Gasteiger partial charge in [-0.1, -0.05) is 30.8 Å². The lowest BCUT2D eigenvalue weighted by molar-refractivity contribution is 0.204. The van der Waals surface area contributed by atoms with Crippen LogP contribution in [0, 0.1) is 0 Å². The molecule has 0 aliphatic carbocycles. The van der Waals surface area contributed by atoms with Crippen molar-refractivity contribution in [1.82, 2.24) is 14.8 Å². The standard InChI is InChI=1S/C13H18N4O2S/c1-2-7-17-12(19)15-16-13(17)20-8-11(18)9-3-5-10(14)6-4-9/h3-6,11,18H,2,7-8,14H2,1H3,(H,15,19). The highest BCUT2D eigenvalue weighted by molar-refractivity contribution is 7.99. The molecule has 0 aliphatic heterocycles. The number of H-pyrrole nitrogens is 1. The van der Waals surface area contributed by atoms with E-state index in [1.807, 2.05) is 6.92 Å². The maximum absolute atomic E-state index is 11.5. The Balaban J connectivity index is 2.01. The van der Waals surface area contributed by atoms with Crippen LogP contribution in [0.15, 0.2) is 34.2 Å². The maximum Gasteiger partial charge on any atom is 0.343 e. The van der Waals surface area contributed by atoms with Crippen LogP contribution >= 0.6 is 11.8 Å². The molecule has 1 heterocycles. The molecule has 0 saturated heterocycles. The van der Waals surface area contributed by atoms with Crippen molar-refractivity contribution in [2.75, 3.05) is 11.5 Å². The number of rotatable bonds is 6. The van der Waals surface area contributed by atoms with Crippen LogP contribution in [-0.4, -0.2) is 25.6 Å². The Kier molecular flexibility index (Phi) is 4.86. The summed E-state index contributed by atoms with van der Waals surface area (Å²) in [5.74, 6) is 0.428. The van der Waals surface area contributed by atoms with Gasteiger partial charge in [-0.05, 0) is 24.1 Å². The SMILES string of the molecule is CCCn1c(SCC(O)c2ccc(N)cc2)n[nH]c1=O. The van der Waals surface area contributed by atoms with Gasteiger partial charge in [-0.2, -0.15) is 0 Å². The van der Waals surface area contributed by atoms with Crippen LogP contribution < -0.4 is 11.4 Å². The third-order valence-electron chi connectivity index (χ3n) is 2.86. The summed E-state index contributed by atoms with van der Waals surface area (Å²) in [6.45, 7) is 2.62. The lowest BCUT2D eigenvalue weighted by Gasteiger charge is -2.10. The number of nitrogens with two attached hydrogens (primary N) is 1. The Bertz CT molecular complexity index is 606. The first kappa shape index (κ1) is 14.7. The molecular weight excluding hydrogens is 276 g/mol. The van der Waals surface area contributed by atoms with Gasteiger partial charge >= 0.3 is 5.69 Å². The molecule has 7 heteroatoms. The molecule has 0 fully saturated rings. The van der Waals surface area contributed by atoms with Gasteiger partial charge in [0.05, 0.1) is 6.10 Å². The average molecular weight is 294 g/mol. The highest BCUT2D eigenvalue weighted by Gasteiger charge is 2.12. The van der Waals surface area contributed by atoms with Gasteiger partial charge in [0.2, 0.25) is 0 Å². The van der Waals surface area contributed by atoms with E-state index in [1.54, 1.807) is 28.8 Å². The van der Waals surface area contributed by atoms with Crippen molar-refractivity contribution in [2.24, 2.45) is 0 Å². The van der Waals surface area contributed by atoms with Gasteiger partial charge < -0.3 is 10.8 Å². The topological polar surface area (TPSA) is 96.9 Å². The molecule has 20 heavy (non-hydrogen) atoms. The van der Waals surface area contributed by atoms with Crippen LogP contribution in [0.1, 0.15) is 25.0 Å². The Hall–Kier alpha value is -1.73. The average Bonchev–Trinajstić information content (AvgIpc) is 2.79. The Morgan fingerprint density at radius 1 is 1.45 bits per heavy atom. The lowest BCUT2D eigenvalue weighted by atomic mass is 10.1. The highest BCUT2D eigenvalue weighted by Crippen LogP contribution is 2.23. The van der Waals surface area contributed by atoms with Gasteiger partial charge in [-0.15, -0.1) is 5.10 Å². The minimum Gasteiger partial charge on any atom is -0.399 e. The van der Waals surface area contributed by atoms with Crippen LogP contribution in [0.4, 0.5) is 5.69 Å². The molecule has 0 bridgehead atoms. The molecule has 0 amide bonds. The van der Waals surface area contributed by atoms with Crippen molar-refractivity contribution < 1.29 is 5.11 Å². The van der Waals surface area contributed by atoms with E-state index in [0.717, 1.165) is 12.0 Å². The molecule has 0 radical (unpaired) electrons. The Morgan fingerprint density at radius 3 is 2.80 bits per heavy atom. The largest absolute Gasteiger partial charge is 0.399 e. The summed E-state index contributed by atoms with van der Waals surface area (Å²) in [4.78, 5) is 11.5. The number of anilines is 1. The second-order valence-corrected chi connectivity index (χ2v) is 5.44. The fourth-order valence-electron chi connectivity index (χ4n) is 1.80. The van der Waals surface area contributed by atoms with Crippen LogP contribution in [0.5, 0.6) is 0 Å². The number of hydrogen-bond acceptors (Lipinski definition) is 5. The van der Waals surface area contributed by atoms with E-state index in [4.69, 9.17) is 5.73 Å². The van der Waals surface area contributed by atoms with Gasteiger partial charge in [-0.3, -0.25) is 4.57 Å². The molecule has 0 saturated carbocycles. The zero-order valence-corrected chi connectivity index (χ0v) is 12.1. The van der Waals surface area contributed by atoms with E-state index in [1.165, 1.54) is 11.8 Å². The van der Waals surface area contributed by atoms with Crippen molar-refractivity contribution >= 4 is 17.4 Å². The Morgan fingerprint density at radius 2 is 2.15 bits per heavy atom. The quantitative estimate of drug-likeness (QED) is 0.552. The van der Waals surface area contributed by atoms with Crippen molar-refractivity contribution in [3.05, 3.63) is 40.3 Å². The predicted molar refractivity (Wildman–Crippen MR) is 79.7 cm³/mol. The smallest absolute Gasteiger partial charge is 0.343 e. The number of thioether (sulfide) groups is 1. The third-order valence-corrected chi connectivity index (χ3v) is 3.91. The second-order valence-electron chi connectivity index (χ2n) is 4.46. The maximum atomic E-state index is 11.5. The van der Waals surface area contributed by atoms with Crippen molar-refractivity contribution in [1.29, 1.82) is 0 Å². The molecule has 0 aliphatic rings. The number of benzene rings is 1. The number of aliphatic hydroxyl groups is 1. The lowest BCUT2D eigenvalue weighted by Crippen LogP contribution is -2.17. The van der Waals surface area contributed by atoms with E-state index >= 15 is 0 Å². The van der Waals surface area contributed by atoms with Crippen molar-refractivity contribution in [3.8, 4) is 0 Å². The van der Waals surface area contributed by atoms with Crippen molar-refractivity contribution in [3.63, 3.8) is 0 Å². The summed E-state index contributed by atoms with van der Waals surface area (Å²) >= 11 is 1.35. The number of nitrogens with one attached hydrogen (secondary N) is 1. The molecule has 108 valence electrons. The van der Waals surface area contributed by atoms with Crippen LogP contribution in [-0.2, 0) is 6.54 Å². The molecule has 1 aromatic carbocycles. The molecular formula is C13H18N4O2S. The summed E-state index contributed by atoms with van der Waals surface area (Å²) in [6, 6.07) is 7.10. The molecule has 1 unspecified atom stereocenters. The zero-order chi connectivity index (χ0) is 14.5. The summed E-state index contributed by atoms with van der Waals surface area (Å²) in [5.41, 5.74) is 6.86. The number of hydrogen-bond donors (Lipinski definition) is 3. The number of aliphatic hydroxyl groups excluding tert-OH is 1. The highest BCUT2D eigenvalue weighted by atomic mass is 32.2. The molecule has 2 rings (SSSR count). The van der Waals surface area contributed by atoms with Crippen LogP contribution in [0.25, 0.3) is 0 Å².